The number of methoxy groups -OCH3 is 1. The summed E-state index contributed by atoms with van der Waals surface area (Å²) < 4.78 is 7.21. The largest absolute Gasteiger partial charge is 0.469 e. The highest BCUT2D eigenvalue weighted by Crippen LogP contribution is 2.47. The van der Waals surface area contributed by atoms with Crippen molar-refractivity contribution >= 4 is 40.2 Å². The average Bonchev–Trinajstić information content (AvgIpc) is 2.84. The molecule has 0 amide bonds. The van der Waals surface area contributed by atoms with E-state index in [0.717, 1.165) is 30.8 Å². The predicted octanol–water partition coefficient (Wildman–Crippen LogP) is 4.40. The minimum atomic E-state index is -0.0949. The van der Waals surface area contributed by atoms with Crippen molar-refractivity contribution in [3.8, 4) is 0 Å². The fourth-order valence-electron chi connectivity index (χ4n) is 4.27. The second kappa shape index (κ2) is 7.53. The molecule has 0 saturated carbocycles. The van der Waals surface area contributed by atoms with Crippen LogP contribution in [0.3, 0.4) is 0 Å². The van der Waals surface area contributed by atoms with Gasteiger partial charge in [0.2, 0.25) is 0 Å². The molecular weight excluding hydrogens is 425 g/mol. The Bertz CT molecular complexity index is 589. The van der Waals surface area contributed by atoms with E-state index < -0.39 is 0 Å². The van der Waals surface area contributed by atoms with Gasteiger partial charge in [-0.25, -0.2) is 0 Å². The summed E-state index contributed by atoms with van der Waals surface area (Å²) in [7, 11) is 1.50. The van der Waals surface area contributed by atoms with Gasteiger partial charge in [-0.1, -0.05) is 52.4 Å². The molecule has 2 aliphatic rings. The van der Waals surface area contributed by atoms with Gasteiger partial charge in [0.15, 0.2) is 0 Å². The van der Waals surface area contributed by atoms with Crippen LogP contribution in [0.25, 0.3) is 0 Å². The Morgan fingerprint density at radius 2 is 2.13 bits per heavy atom. The van der Waals surface area contributed by atoms with E-state index in [1.165, 1.54) is 12.7 Å². The molecular formula is C18H21ClINO2. The van der Waals surface area contributed by atoms with Crippen molar-refractivity contribution in [2.75, 3.05) is 13.7 Å². The van der Waals surface area contributed by atoms with Gasteiger partial charge in [0.05, 0.1) is 13.0 Å². The molecule has 0 radical (unpaired) electrons. The zero-order chi connectivity index (χ0) is 16.4. The molecule has 0 N–H and O–H groups in total. The minimum Gasteiger partial charge on any atom is -0.469 e. The zero-order valence-electron chi connectivity index (χ0n) is 13.1. The molecule has 2 aliphatic heterocycles. The van der Waals surface area contributed by atoms with Gasteiger partial charge >= 0.3 is 5.97 Å². The molecule has 0 aromatic heterocycles. The molecule has 3 rings (SSSR count). The van der Waals surface area contributed by atoms with Gasteiger partial charge in [-0.05, 0) is 41.0 Å². The van der Waals surface area contributed by atoms with Crippen molar-refractivity contribution in [1.29, 1.82) is 0 Å². The van der Waals surface area contributed by atoms with Crippen LogP contribution in [0.5, 0.6) is 0 Å². The van der Waals surface area contributed by atoms with Gasteiger partial charge < -0.3 is 4.74 Å². The van der Waals surface area contributed by atoms with Crippen molar-refractivity contribution in [3.05, 3.63) is 45.0 Å². The third-order valence-electron chi connectivity index (χ3n) is 5.24. The lowest BCUT2D eigenvalue weighted by atomic mass is 9.76. The zero-order valence-corrected chi connectivity index (χ0v) is 16.0. The summed E-state index contributed by atoms with van der Waals surface area (Å²) in [5.74, 6) is 0.0401. The highest BCUT2D eigenvalue weighted by atomic mass is 127. The van der Waals surface area contributed by atoms with Crippen LogP contribution in [0.15, 0.2) is 34.4 Å². The minimum absolute atomic E-state index is 0.0845. The van der Waals surface area contributed by atoms with Gasteiger partial charge in [-0.15, -0.1) is 0 Å². The van der Waals surface area contributed by atoms with Crippen molar-refractivity contribution in [3.63, 3.8) is 0 Å². The number of carbonyl (C=O) groups excluding carboxylic acids is 1. The molecule has 23 heavy (non-hydrogen) atoms. The lowest BCUT2D eigenvalue weighted by molar-refractivity contribution is -0.150. The van der Waals surface area contributed by atoms with Gasteiger partial charge in [-0.3, -0.25) is 9.69 Å². The second-order valence-corrected chi connectivity index (χ2v) is 7.46. The number of halogens is 2. The normalized spacial score (nSPS) is 30.7. The number of piperidine rings is 1. The first-order chi connectivity index (χ1) is 11.2. The van der Waals surface area contributed by atoms with E-state index in [-0.39, 0.29) is 23.8 Å². The maximum atomic E-state index is 12.5. The molecule has 2 fully saturated rings. The molecule has 0 unspecified atom stereocenters. The number of rotatable bonds is 4. The van der Waals surface area contributed by atoms with E-state index in [2.05, 4.69) is 49.8 Å². The molecule has 4 atom stereocenters. The Morgan fingerprint density at radius 3 is 2.78 bits per heavy atom. The van der Waals surface area contributed by atoms with E-state index in [4.69, 9.17) is 16.3 Å². The topological polar surface area (TPSA) is 29.5 Å². The Kier molecular flexibility index (Phi) is 5.65. The van der Waals surface area contributed by atoms with E-state index in [1.54, 1.807) is 0 Å². The number of carbonyl (C=O) groups is 1. The van der Waals surface area contributed by atoms with E-state index >= 15 is 0 Å². The summed E-state index contributed by atoms with van der Waals surface area (Å²) in [4.78, 5) is 15.0. The highest BCUT2D eigenvalue weighted by Gasteiger charge is 2.50. The maximum Gasteiger partial charge on any atom is 0.310 e. The number of benzene rings is 1. The lowest BCUT2D eigenvalue weighted by Gasteiger charge is -2.43. The molecule has 0 spiro atoms. The first-order valence-corrected chi connectivity index (χ1v) is 9.62. The first-order valence-electron chi connectivity index (χ1n) is 8.00. The Labute approximate surface area is 156 Å². The fourth-order valence-corrected chi connectivity index (χ4v) is 4.62. The Morgan fingerprint density at radius 1 is 1.39 bits per heavy atom. The molecule has 2 heterocycles. The number of ether oxygens (including phenoxy) is 1. The van der Waals surface area contributed by atoms with Crippen LogP contribution >= 0.6 is 34.2 Å². The van der Waals surface area contributed by atoms with Crippen LogP contribution in [-0.2, 0) is 9.53 Å². The lowest BCUT2D eigenvalue weighted by Crippen LogP contribution is -2.50. The highest BCUT2D eigenvalue weighted by molar-refractivity contribution is 14.1. The van der Waals surface area contributed by atoms with E-state index in [9.17, 15) is 4.79 Å². The number of hydrogen-bond donors (Lipinski definition) is 0. The third-order valence-corrected chi connectivity index (χ3v) is 6.00. The van der Waals surface area contributed by atoms with Crippen molar-refractivity contribution in [1.82, 2.24) is 4.90 Å². The van der Waals surface area contributed by atoms with Crippen LogP contribution < -0.4 is 0 Å². The van der Waals surface area contributed by atoms with Crippen molar-refractivity contribution in [2.24, 2.45) is 5.92 Å². The molecule has 2 bridgehead atoms. The standard InChI is InChI=1S/C18H21ClINO2/c1-23-18(22)17-15(12-3-5-13(19)6-4-12)11-14-7-8-16(17)21(14)10-2-9-20/h2-6,9,14-17H,7-8,10-11H2,1H3/b9-2-/t14-,15+,16+,17-/m0/s1. The van der Waals surface area contributed by atoms with Gasteiger partial charge in [0.25, 0.3) is 0 Å². The maximum absolute atomic E-state index is 12.5. The number of fused-ring (bicyclic) bond motifs is 2. The van der Waals surface area contributed by atoms with Crippen LogP contribution in [0.1, 0.15) is 30.7 Å². The van der Waals surface area contributed by atoms with Crippen LogP contribution in [0, 0.1) is 5.92 Å². The number of esters is 1. The van der Waals surface area contributed by atoms with Crippen LogP contribution in [0.2, 0.25) is 5.02 Å². The summed E-state index contributed by atoms with van der Waals surface area (Å²) in [6.07, 6.45) is 5.41. The SMILES string of the molecule is COC(=O)[C@H]1[C@@H](c2ccc(Cl)cc2)C[C@@H]2CC[C@H]1N2C/C=C\I. The summed E-state index contributed by atoms with van der Waals surface area (Å²) in [5, 5.41) is 0.732. The molecule has 3 nitrogen and oxygen atoms in total. The molecule has 5 heteroatoms. The average molecular weight is 446 g/mol. The molecule has 124 valence electrons. The summed E-state index contributed by atoms with van der Waals surface area (Å²) >= 11 is 8.27. The Balaban J connectivity index is 1.91. The number of hydrogen-bond acceptors (Lipinski definition) is 3. The molecule has 1 aromatic rings. The molecule has 0 aliphatic carbocycles. The van der Waals surface area contributed by atoms with Gasteiger partial charge in [0.1, 0.15) is 0 Å². The summed E-state index contributed by atoms with van der Waals surface area (Å²) in [6.45, 7) is 0.916. The summed E-state index contributed by atoms with van der Waals surface area (Å²) in [6, 6.07) is 8.77. The van der Waals surface area contributed by atoms with Gasteiger partial charge in [0, 0.05) is 29.6 Å². The number of nitrogens with zero attached hydrogens (tertiary/aromatic N) is 1. The van der Waals surface area contributed by atoms with Gasteiger partial charge in [-0.2, -0.15) is 0 Å². The molecule has 2 saturated heterocycles. The quantitative estimate of drug-likeness (QED) is 0.508. The van der Waals surface area contributed by atoms with E-state index in [0.29, 0.717) is 6.04 Å². The van der Waals surface area contributed by atoms with Crippen molar-refractivity contribution < 1.29 is 9.53 Å². The fraction of sp³-hybridized carbons (Fsp3) is 0.500. The Hall–Kier alpha value is -0.590. The smallest absolute Gasteiger partial charge is 0.310 e. The molecule has 1 aromatic carbocycles. The van der Waals surface area contributed by atoms with E-state index in [1.807, 2.05) is 12.1 Å². The van der Waals surface area contributed by atoms with Crippen LogP contribution in [0.4, 0.5) is 0 Å². The van der Waals surface area contributed by atoms with Crippen molar-refractivity contribution in [2.45, 2.75) is 37.3 Å². The first kappa shape index (κ1) is 17.2. The monoisotopic (exact) mass is 445 g/mol. The second-order valence-electron chi connectivity index (χ2n) is 6.30. The predicted molar refractivity (Wildman–Crippen MR) is 101 cm³/mol. The third kappa shape index (κ3) is 3.44. The summed E-state index contributed by atoms with van der Waals surface area (Å²) in [5.41, 5.74) is 1.20. The van der Waals surface area contributed by atoms with Crippen LogP contribution in [-0.4, -0.2) is 36.6 Å².